The minimum Gasteiger partial charge on any atom is -0.354 e. The van der Waals surface area contributed by atoms with Crippen LogP contribution < -0.4 is 15.5 Å². The molecule has 0 bridgehead atoms. The highest BCUT2D eigenvalue weighted by Crippen LogP contribution is 2.26. The molecular weight excluding hydrogens is 362 g/mol. The van der Waals surface area contributed by atoms with Crippen LogP contribution in [0.25, 0.3) is 22.2 Å². The molecular formula is C22H21N7. The minimum absolute atomic E-state index is 0.539. The number of anilines is 3. The number of aromatic nitrogens is 4. The lowest BCUT2D eigenvalue weighted by atomic mass is 10.1. The normalized spacial score (nSPS) is 14.1. The highest BCUT2D eigenvalue weighted by molar-refractivity contribution is 5.92. The molecule has 1 aliphatic heterocycles. The van der Waals surface area contributed by atoms with Crippen LogP contribution in [0.4, 0.5) is 17.5 Å². The van der Waals surface area contributed by atoms with Gasteiger partial charge in [-0.15, -0.1) is 0 Å². The van der Waals surface area contributed by atoms with E-state index in [4.69, 9.17) is 4.98 Å². The second-order valence-electron chi connectivity index (χ2n) is 6.92. The number of hydrogen-bond acceptors (Lipinski definition) is 7. The van der Waals surface area contributed by atoms with Crippen LogP contribution in [0, 0.1) is 0 Å². The molecule has 4 aromatic rings. The van der Waals surface area contributed by atoms with E-state index in [1.54, 1.807) is 6.20 Å². The third-order valence-corrected chi connectivity index (χ3v) is 5.00. The van der Waals surface area contributed by atoms with E-state index in [0.29, 0.717) is 5.95 Å². The first kappa shape index (κ1) is 17.5. The summed E-state index contributed by atoms with van der Waals surface area (Å²) < 4.78 is 0. The van der Waals surface area contributed by atoms with Gasteiger partial charge in [-0.25, -0.2) is 15.0 Å². The van der Waals surface area contributed by atoms with Crippen LogP contribution in [-0.4, -0.2) is 46.1 Å². The number of nitrogens with zero attached hydrogens (tertiary/aromatic N) is 5. The first-order valence-corrected chi connectivity index (χ1v) is 9.73. The van der Waals surface area contributed by atoms with Gasteiger partial charge in [0.1, 0.15) is 5.82 Å². The van der Waals surface area contributed by atoms with E-state index in [2.05, 4.69) is 30.5 Å². The van der Waals surface area contributed by atoms with Crippen molar-refractivity contribution in [3.63, 3.8) is 0 Å². The van der Waals surface area contributed by atoms with Crippen molar-refractivity contribution in [3.05, 3.63) is 67.1 Å². The molecule has 5 rings (SSSR count). The first-order valence-electron chi connectivity index (χ1n) is 9.73. The SMILES string of the molecule is c1ccc(-c2cccc3cnc(Nc4ccc(N5CCNCC5)nc4)nc23)nc1. The number of benzene rings is 1. The lowest BCUT2D eigenvalue weighted by molar-refractivity contribution is 0.585. The van der Waals surface area contributed by atoms with Gasteiger partial charge in [0, 0.05) is 49.5 Å². The van der Waals surface area contributed by atoms with E-state index in [1.165, 1.54) is 0 Å². The number of pyridine rings is 2. The lowest BCUT2D eigenvalue weighted by Crippen LogP contribution is -2.43. The summed E-state index contributed by atoms with van der Waals surface area (Å²) in [4.78, 5) is 20.6. The van der Waals surface area contributed by atoms with Gasteiger partial charge in [-0.2, -0.15) is 0 Å². The molecule has 7 heteroatoms. The molecule has 1 fully saturated rings. The Morgan fingerprint density at radius 3 is 2.59 bits per heavy atom. The second-order valence-corrected chi connectivity index (χ2v) is 6.92. The highest BCUT2D eigenvalue weighted by Gasteiger charge is 2.12. The largest absolute Gasteiger partial charge is 0.354 e. The van der Waals surface area contributed by atoms with Crippen LogP contribution in [0.1, 0.15) is 0 Å². The third-order valence-electron chi connectivity index (χ3n) is 5.00. The minimum atomic E-state index is 0.539. The van der Waals surface area contributed by atoms with Gasteiger partial charge in [0.15, 0.2) is 0 Å². The van der Waals surface area contributed by atoms with Gasteiger partial charge >= 0.3 is 0 Å². The molecule has 1 saturated heterocycles. The Morgan fingerprint density at radius 2 is 1.79 bits per heavy atom. The molecule has 0 spiro atoms. The smallest absolute Gasteiger partial charge is 0.227 e. The Morgan fingerprint density at radius 1 is 0.862 bits per heavy atom. The lowest BCUT2D eigenvalue weighted by Gasteiger charge is -2.28. The number of nitrogens with one attached hydrogen (secondary N) is 2. The van der Waals surface area contributed by atoms with Gasteiger partial charge in [0.2, 0.25) is 5.95 Å². The maximum Gasteiger partial charge on any atom is 0.227 e. The number of piperazine rings is 1. The summed E-state index contributed by atoms with van der Waals surface area (Å²) in [5, 5.41) is 7.60. The highest BCUT2D eigenvalue weighted by atomic mass is 15.2. The average molecular weight is 383 g/mol. The summed E-state index contributed by atoms with van der Waals surface area (Å²) in [5.41, 5.74) is 3.61. The fourth-order valence-electron chi connectivity index (χ4n) is 3.51. The molecule has 0 radical (unpaired) electrons. The van der Waals surface area contributed by atoms with Crippen molar-refractivity contribution in [1.82, 2.24) is 25.3 Å². The summed E-state index contributed by atoms with van der Waals surface area (Å²) in [6.45, 7) is 3.93. The van der Waals surface area contributed by atoms with Crippen LogP contribution in [0.2, 0.25) is 0 Å². The van der Waals surface area contributed by atoms with Crippen molar-refractivity contribution in [1.29, 1.82) is 0 Å². The number of rotatable bonds is 4. The molecule has 4 heterocycles. The van der Waals surface area contributed by atoms with Crippen molar-refractivity contribution in [2.75, 3.05) is 36.4 Å². The molecule has 0 saturated carbocycles. The molecule has 1 aliphatic rings. The fraction of sp³-hybridized carbons (Fsp3) is 0.182. The Kier molecular flexibility index (Phi) is 4.72. The van der Waals surface area contributed by atoms with Crippen LogP contribution >= 0.6 is 0 Å². The zero-order chi connectivity index (χ0) is 19.5. The Balaban J connectivity index is 1.42. The molecule has 2 N–H and O–H groups in total. The van der Waals surface area contributed by atoms with Crippen LogP contribution in [-0.2, 0) is 0 Å². The zero-order valence-corrected chi connectivity index (χ0v) is 15.9. The van der Waals surface area contributed by atoms with E-state index in [0.717, 1.165) is 59.8 Å². The van der Waals surface area contributed by atoms with Gasteiger partial charge in [-0.05, 0) is 24.3 Å². The third kappa shape index (κ3) is 3.72. The van der Waals surface area contributed by atoms with Gasteiger partial charge in [-0.3, -0.25) is 4.98 Å². The molecule has 3 aromatic heterocycles. The Bertz CT molecular complexity index is 1110. The van der Waals surface area contributed by atoms with E-state index < -0.39 is 0 Å². The van der Waals surface area contributed by atoms with Crippen molar-refractivity contribution in [2.24, 2.45) is 0 Å². The van der Waals surface area contributed by atoms with Gasteiger partial charge in [0.25, 0.3) is 0 Å². The van der Waals surface area contributed by atoms with E-state index in [1.807, 2.05) is 60.9 Å². The summed E-state index contributed by atoms with van der Waals surface area (Å²) in [5.74, 6) is 1.53. The Labute approximate surface area is 168 Å². The van der Waals surface area contributed by atoms with Crippen molar-refractivity contribution in [3.8, 4) is 11.3 Å². The second kappa shape index (κ2) is 7.81. The molecule has 0 unspecified atom stereocenters. The topological polar surface area (TPSA) is 78.9 Å². The predicted molar refractivity (Wildman–Crippen MR) is 115 cm³/mol. The molecule has 0 aliphatic carbocycles. The molecule has 7 nitrogen and oxygen atoms in total. The molecule has 29 heavy (non-hydrogen) atoms. The van der Waals surface area contributed by atoms with E-state index in [-0.39, 0.29) is 0 Å². The predicted octanol–water partition coefficient (Wildman–Crippen LogP) is 3.24. The molecule has 1 aromatic carbocycles. The zero-order valence-electron chi connectivity index (χ0n) is 15.9. The maximum atomic E-state index is 4.75. The van der Waals surface area contributed by atoms with E-state index in [9.17, 15) is 0 Å². The monoisotopic (exact) mass is 383 g/mol. The van der Waals surface area contributed by atoms with Crippen LogP contribution in [0.15, 0.2) is 67.1 Å². The number of para-hydroxylation sites is 1. The molecule has 0 amide bonds. The van der Waals surface area contributed by atoms with Crippen molar-refractivity contribution >= 4 is 28.4 Å². The quantitative estimate of drug-likeness (QED) is 0.560. The van der Waals surface area contributed by atoms with Crippen molar-refractivity contribution in [2.45, 2.75) is 0 Å². The molecule has 144 valence electrons. The summed E-state index contributed by atoms with van der Waals surface area (Å²) >= 11 is 0. The summed E-state index contributed by atoms with van der Waals surface area (Å²) in [6.07, 6.45) is 5.45. The van der Waals surface area contributed by atoms with Crippen molar-refractivity contribution < 1.29 is 0 Å². The van der Waals surface area contributed by atoms with E-state index >= 15 is 0 Å². The first-order chi connectivity index (χ1) is 14.4. The Hall–Kier alpha value is -3.58. The average Bonchev–Trinajstić information content (AvgIpc) is 2.80. The van der Waals surface area contributed by atoms with Gasteiger partial charge in [0.05, 0.1) is 23.1 Å². The summed E-state index contributed by atoms with van der Waals surface area (Å²) in [7, 11) is 0. The van der Waals surface area contributed by atoms with Crippen LogP contribution in [0.5, 0.6) is 0 Å². The van der Waals surface area contributed by atoms with Gasteiger partial charge < -0.3 is 15.5 Å². The summed E-state index contributed by atoms with van der Waals surface area (Å²) in [6, 6.07) is 16.0. The number of fused-ring (bicyclic) bond motifs is 1. The standard InChI is InChI=1S/C22H21N7/c1-2-9-24-19(6-1)18-5-3-4-16-14-26-22(28-21(16)18)27-17-7-8-20(25-15-17)29-12-10-23-11-13-29/h1-9,14-15,23H,10-13H2,(H,26,27,28). The number of hydrogen-bond donors (Lipinski definition) is 2. The van der Waals surface area contributed by atoms with Gasteiger partial charge in [-0.1, -0.05) is 24.3 Å². The maximum absolute atomic E-state index is 4.75. The molecule has 0 atom stereocenters. The fourth-order valence-corrected chi connectivity index (χ4v) is 3.51. The van der Waals surface area contributed by atoms with Crippen LogP contribution in [0.3, 0.4) is 0 Å².